The number of carboxylic acid groups (broad SMARTS) is 1. The van der Waals surface area contributed by atoms with Crippen LogP contribution >= 0.6 is 0 Å². The fourth-order valence-electron chi connectivity index (χ4n) is 2.14. The molecule has 2 unspecified atom stereocenters. The van der Waals surface area contributed by atoms with Gasteiger partial charge in [0.25, 0.3) is 0 Å². The van der Waals surface area contributed by atoms with E-state index in [0.29, 0.717) is 25.7 Å². The first-order valence-corrected chi connectivity index (χ1v) is 6.88. The van der Waals surface area contributed by atoms with Crippen LogP contribution in [0.4, 0.5) is 0 Å². The molecule has 19 heavy (non-hydrogen) atoms. The van der Waals surface area contributed by atoms with Crippen molar-refractivity contribution in [3.8, 4) is 0 Å². The predicted octanol–water partition coefficient (Wildman–Crippen LogP) is 1.87. The molecule has 1 aliphatic heterocycles. The number of ether oxygens (including phenoxy) is 1. The lowest BCUT2D eigenvalue weighted by Crippen LogP contribution is -2.41. The van der Waals surface area contributed by atoms with Gasteiger partial charge in [-0.2, -0.15) is 0 Å². The number of hydrogen-bond acceptors (Lipinski definition) is 3. The topological polar surface area (TPSA) is 75.6 Å². The van der Waals surface area contributed by atoms with E-state index in [2.05, 4.69) is 11.9 Å². The minimum atomic E-state index is -0.996. The maximum absolute atomic E-state index is 11.7. The van der Waals surface area contributed by atoms with E-state index in [1.54, 1.807) is 6.08 Å². The van der Waals surface area contributed by atoms with Gasteiger partial charge in [-0.3, -0.25) is 4.79 Å². The lowest BCUT2D eigenvalue weighted by Gasteiger charge is -2.22. The summed E-state index contributed by atoms with van der Waals surface area (Å²) in [5.74, 6) is -1.21. The third kappa shape index (κ3) is 6.38. The van der Waals surface area contributed by atoms with Crippen molar-refractivity contribution in [3.05, 3.63) is 12.7 Å². The van der Waals surface area contributed by atoms with E-state index in [9.17, 15) is 9.59 Å². The van der Waals surface area contributed by atoms with Crippen molar-refractivity contribution in [2.75, 3.05) is 6.61 Å². The molecule has 1 aliphatic rings. The highest BCUT2D eigenvalue weighted by Crippen LogP contribution is 2.16. The van der Waals surface area contributed by atoms with Crippen LogP contribution in [0.15, 0.2) is 12.7 Å². The summed E-state index contributed by atoms with van der Waals surface area (Å²) in [7, 11) is 0. The van der Waals surface area contributed by atoms with E-state index >= 15 is 0 Å². The summed E-state index contributed by atoms with van der Waals surface area (Å²) >= 11 is 0. The van der Waals surface area contributed by atoms with Gasteiger partial charge < -0.3 is 15.2 Å². The van der Waals surface area contributed by atoms with Gasteiger partial charge in [-0.25, -0.2) is 4.79 Å². The minimum Gasteiger partial charge on any atom is -0.480 e. The van der Waals surface area contributed by atoms with Crippen molar-refractivity contribution in [2.45, 2.75) is 57.1 Å². The molecule has 1 fully saturated rings. The minimum absolute atomic E-state index is 0.149. The molecule has 0 aromatic carbocycles. The number of nitrogens with one attached hydrogen (secondary N) is 1. The third-order valence-corrected chi connectivity index (χ3v) is 3.26. The molecule has 0 aromatic heterocycles. The second-order valence-corrected chi connectivity index (χ2v) is 4.85. The Morgan fingerprint density at radius 1 is 1.47 bits per heavy atom. The van der Waals surface area contributed by atoms with Gasteiger partial charge in [0.15, 0.2) is 0 Å². The van der Waals surface area contributed by atoms with Crippen molar-refractivity contribution < 1.29 is 19.4 Å². The first-order valence-electron chi connectivity index (χ1n) is 6.88. The number of amides is 1. The van der Waals surface area contributed by atoms with Crippen LogP contribution in [-0.4, -0.2) is 35.7 Å². The van der Waals surface area contributed by atoms with Gasteiger partial charge in [0, 0.05) is 13.0 Å². The van der Waals surface area contributed by atoms with Crippen LogP contribution in [0.1, 0.15) is 44.9 Å². The van der Waals surface area contributed by atoms with Crippen molar-refractivity contribution in [1.82, 2.24) is 5.32 Å². The number of allylic oxidation sites excluding steroid dienone is 1. The van der Waals surface area contributed by atoms with E-state index < -0.39 is 12.0 Å². The summed E-state index contributed by atoms with van der Waals surface area (Å²) in [5.41, 5.74) is 0. The number of carbonyl (C=O) groups excluding carboxylic acids is 1. The maximum atomic E-state index is 11.7. The normalized spacial score (nSPS) is 20.5. The predicted molar refractivity (Wildman–Crippen MR) is 71.8 cm³/mol. The molecule has 0 spiro atoms. The molecule has 0 radical (unpaired) electrons. The van der Waals surface area contributed by atoms with Gasteiger partial charge in [-0.05, 0) is 38.5 Å². The van der Waals surface area contributed by atoms with Crippen molar-refractivity contribution in [1.29, 1.82) is 0 Å². The molecule has 2 atom stereocenters. The van der Waals surface area contributed by atoms with Crippen LogP contribution in [0.3, 0.4) is 0 Å². The van der Waals surface area contributed by atoms with Gasteiger partial charge >= 0.3 is 5.97 Å². The molecule has 5 nitrogen and oxygen atoms in total. The molecule has 1 rings (SSSR count). The second kappa shape index (κ2) is 8.69. The Balaban J connectivity index is 2.26. The van der Waals surface area contributed by atoms with Gasteiger partial charge in [-0.1, -0.05) is 6.08 Å². The van der Waals surface area contributed by atoms with Crippen LogP contribution in [0.2, 0.25) is 0 Å². The van der Waals surface area contributed by atoms with Crippen molar-refractivity contribution in [3.63, 3.8) is 0 Å². The molecular weight excluding hydrogens is 246 g/mol. The Kier molecular flexibility index (Phi) is 7.18. The van der Waals surface area contributed by atoms with Gasteiger partial charge in [0.2, 0.25) is 5.91 Å². The largest absolute Gasteiger partial charge is 0.480 e. The molecule has 1 amide bonds. The fourth-order valence-corrected chi connectivity index (χ4v) is 2.14. The average molecular weight is 269 g/mol. The summed E-state index contributed by atoms with van der Waals surface area (Å²) in [4.78, 5) is 22.7. The SMILES string of the molecule is C=CCCC(NC(=O)CCC1CCCCO1)C(=O)O. The molecular formula is C14H23NO4. The Morgan fingerprint density at radius 2 is 2.26 bits per heavy atom. The van der Waals surface area contributed by atoms with Crippen LogP contribution in [0.5, 0.6) is 0 Å². The van der Waals surface area contributed by atoms with Gasteiger partial charge in [-0.15, -0.1) is 6.58 Å². The third-order valence-electron chi connectivity index (χ3n) is 3.26. The molecule has 2 N–H and O–H groups in total. The molecule has 0 bridgehead atoms. The molecule has 0 aliphatic carbocycles. The lowest BCUT2D eigenvalue weighted by atomic mass is 10.0. The Labute approximate surface area is 114 Å². The fraction of sp³-hybridized carbons (Fsp3) is 0.714. The highest BCUT2D eigenvalue weighted by atomic mass is 16.5. The van der Waals surface area contributed by atoms with E-state index in [1.165, 1.54) is 0 Å². The van der Waals surface area contributed by atoms with Gasteiger partial charge in [0.05, 0.1) is 6.10 Å². The molecule has 1 saturated heterocycles. The summed E-state index contributed by atoms with van der Waals surface area (Å²) in [6, 6.07) is -0.822. The quantitative estimate of drug-likeness (QED) is 0.660. The maximum Gasteiger partial charge on any atom is 0.326 e. The number of carbonyl (C=O) groups is 2. The first-order chi connectivity index (χ1) is 9.13. The number of rotatable bonds is 8. The molecule has 1 heterocycles. The Morgan fingerprint density at radius 3 is 2.84 bits per heavy atom. The van der Waals surface area contributed by atoms with Crippen LogP contribution < -0.4 is 5.32 Å². The lowest BCUT2D eigenvalue weighted by molar-refractivity contribution is -0.142. The van der Waals surface area contributed by atoms with Crippen molar-refractivity contribution >= 4 is 11.9 Å². The first kappa shape index (κ1) is 15.7. The summed E-state index contributed by atoms with van der Waals surface area (Å²) in [6.45, 7) is 4.31. The zero-order chi connectivity index (χ0) is 14.1. The Bertz CT molecular complexity index is 311. The smallest absolute Gasteiger partial charge is 0.326 e. The van der Waals surface area contributed by atoms with Crippen LogP contribution in [0, 0.1) is 0 Å². The van der Waals surface area contributed by atoms with Crippen LogP contribution in [-0.2, 0) is 14.3 Å². The number of carboxylic acids is 1. The van der Waals surface area contributed by atoms with Gasteiger partial charge in [0.1, 0.15) is 6.04 Å². The highest BCUT2D eigenvalue weighted by molar-refractivity contribution is 5.83. The van der Waals surface area contributed by atoms with E-state index in [-0.39, 0.29) is 12.0 Å². The van der Waals surface area contributed by atoms with E-state index in [4.69, 9.17) is 9.84 Å². The zero-order valence-corrected chi connectivity index (χ0v) is 11.3. The summed E-state index contributed by atoms with van der Waals surface area (Å²) in [6.07, 6.45) is 6.96. The summed E-state index contributed by atoms with van der Waals surface area (Å²) < 4.78 is 5.54. The molecule has 5 heteroatoms. The van der Waals surface area contributed by atoms with E-state index in [0.717, 1.165) is 25.9 Å². The monoisotopic (exact) mass is 269 g/mol. The molecule has 108 valence electrons. The second-order valence-electron chi connectivity index (χ2n) is 4.85. The standard InChI is InChI=1S/C14H23NO4/c1-2-3-7-12(14(17)18)15-13(16)9-8-11-6-4-5-10-19-11/h2,11-12H,1,3-10H2,(H,15,16)(H,17,18). The molecule has 0 aromatic rings. The average Bonchev–Trinajstić information content (AvgIpc) is 2.42. The summed E-state index contributed by atoms with van der Waals surface area (Å²) in [5, 5.41) is 11.5. The van der Waals surface area contributed by atoms with Crippen molar-refractivity contribution in [2.24, 2.45) is 0 Å². The molecule has 0 saturated carbocycles. The number of aliphatic carboxylic acids is 1. The zero-order valence-electron chi connectivity index (χ0n) is 11.3. The van der Waals surface area contributed by atoms with Crippen LogP contribution in [0.25, 0.3) is 0 Å². The Hall–Kier alpha value is -1.36. The highest BCUT2D eigenvalue weighted by Gasteiger charge is 2.20. The van der Waals surface area contributed by atoms with E-state index in [1.807, 2.05) is 0 Å². The number of hydrogen-bond donors (Lipinski definition) is 2.